The Kier molecular flexibility index (Phi) is 8.20. The van der Waals surface area contributed by atoms with Crippen molar-refractivity contribution < 1.29 is 17.9 Å². The predicted molar refractivity (Wildman–Crippen MR) is 145 cm³/mol. The van der Waals surface area contributed by atoms with Crippen LogP contribution in [-0.4, -0.2) is 32.5 Å². The first-order chi connectivity index (χ1) is 17.8. The number of carbonyl (C=O) groups excluding carboxylic acids is 1. The molecule has 4 aromatic rings. The molecular weight excluding hydrogens is 486 g/mol. The van der Waals surface area contributed by atoms with Gasteiger partial charge in [-0.3, -0.25) is 14.1 Å². The Bertz CT molecular complexity index is 1420. The molecule has 0 bridgehead atoms. The number of hydrogen-bond acceptors (Lipinski definition) is 5. The summed E-state index contributed by atoms with van der Waals surface area (Å²) in [4.78, 5) is 17.2. The normalized spacial score (nSPS) is 11.1. The summed E-state index contributed by atoms with van der Waals surface area (Å²) in [6.45, 7) is 3.87. The average Bonchev–Trinajstić information content (AvgIpc) is 2.90. The van der Waals surface area contributed by atoms with Crippen molar-refractivity contribution in [2.75, 3.05) is 22.8 Å². The zero-order valence-corrected chi connectivity index (χ0v) is 21.6. The maximum Gasteiger partial charge on any atom is 0.264 e. The van der Waals surface area contributed by atoms with Crippen LogP contribution in [0.25, 0.3) is 0 Å². The van der Waals surface area contributed by atoms with Gasteiger partial charge >= 0.3 is 0 Å². The van der Waals surface area contributed by atoms with Crippen molar-refractivity contribution in [3.63, 3.8) is 0 Å². The van der Waals surface area contributed by atoms with Crippen molar-refractivity contribution in [1.82, 2.24) is 4.98 Å². The van der Waals surface area contributed by atoms with E-state index in [1.165, 1.54) is 0 Å². The molecule has 0 aliphatic rings. The Morgan fingerprint density at radius 2 is 1.49 bits per heavy atom. The Hall–Kier alpha value is -4.17. The SMILES string of the molecule is CCOc1ccc(N(CC(=O)Nc2ccc(Cc3ccncc3)cc2)S(=O)(=O)c2ccc(C)cc2)cc1. The van der Waals surface area contributed by atoms with Gasteiger partial charge in [-0.2, -0.15) is 0 Å². The van der Waals surface area contributed by atoms with E-state index >= 15 is 0 Å². The molecule has 0 unspecified atom stereocenters. The highest BCUT2D eigenvalue weighted by Crippen LogP contribution is 2.26. The van der Waals surface area contributed by atoms with E-state index in [4.69, 9.17) is 4.74 Å². The van der Waals surface area contributed by atoms with E-state index in [0.717, 1.165) is 27.4 Å². The first kappa shape index (κ1) is 25.9. The highest BCUT2D eigenvalue weighted by molar-refractivity contribution is 7.92. The van der Waals surface area contributed by atoms with E-state index in [2.05, 4.69) is 10.3 Å². The molecule has 0 atom stereocenters. The fraction of sp³-hybridized carbons (Fsp3) is 0.172. The summed E-state index contributed by atoms with van der Waals surface area (Å²) >= 11 is 0. The summed E-state index contributed by atoms with van der Waals surface area (Å²) in [6, 6.07) is 24.6. The van der Waals surface area contributed by atoms with Crippen molar-refractivity contribution in [2.24, 2.45) is 0 Å². The fourth-order valence-corrected chi connectivity index (χ4v) is 5.22. The first-order valence-corrected chi connectivity index (χ1v) is 13.4. The average molecular weight is 516 g/mol. The maximum absolute atomic E-state index is 13.6. The number of rotatable bonds is 10. The summed E-state index contributed by atoms with van der Waals surface area (Å²) in [5.41, 5.74) is 4.12. The highest BCUT2D eigenvalue weighted by Gasteiger charge is 2.27. The van der Waals surface area contributed by atoms with Gasteiger partial charge in [-0.25, -0.2) is 8.42 Å². The van der Waals surface area contributed by atoms with E-state index in [1.807, 2.05) is 50.2 Å². The quantitative estimate of drug-likeness (QED) is 0.313. The minimum Gasteiger partial charge on any atom is -0.494 e. The second-order valence-corrected chi connectivity index (χ2v) is 10.4. The molecule has 8 heteroatoms. The Balaban J connectivity index is 1.53. The van der Waals surface area contributed by atoms with Gasteiger partial charge in [-0.05, 0) is 92.1 Å². The van der Waals surface area contributed by atoms with Gasteiger partial charge in [0.15, 0.2) is 0 Å². The number of pyridine rings is 1. The second kappa shape index (κ2) is 11.7. The van der Waals surface area contributed by atoms with Crippen LogP contribution in [0.5, 0.6) is 5.75 Å². The molecule has 190 valence electrons. The van der Waals surface area contributed by atoms with Gasteiger partial charge in [-0.1, -0.05) is 29.8 Å². The molecule has 37 heavy (non-hydrogen) atoms. The Labute approximate surface area is 217 Å². The van der Waals surface area contributed by atoms with Crippen LogP contribution in [0.3, 0.4) is 0 Å². The summed E-state index contributed by atoms with van der Waals surface area (Å²) in [6.07, 6.45) is 4.26. The van der Waals surface area contributed by atoms with Crippen molar-refractivity contribution in [3.05, 3.63) is 114 Å². The molecule has 7 nitrogen and oxygen atoms in total. The van der Waals surface area contributed by atoms with Crippen LogP contribution >= 0.6 is 0 Å². The van der Waals surface area contributed by atoms with Crippen LogP contribution in [0, 0.1) is 6.92 Å². The van der Waals surface area contributed by atoms with Gasteiger partial charge in [-0.15, -0.1) is 0 Å². The Morgan fingerprint density at radius 3 is 2.11 bits per heavy atom. The fourth-order valence-electron chi connectivity index (χ4n) is 3.80. The number of anilines is 2. The lowest BCUT2D eigenvalue weighted by atomic mass is 10.1. The van der Waals surface area contributed by atoms with Gasteiger partial charge in [0.25, 0.3) is 10.0 Å². The number of benzene rings is 3. The van der Waals surface area contributed by atoms with E-state index < -0.39 is 15.9 Å². The van der Waals surface area contributed by atoms with E-state index in [0.29, 0.717) is 23.7 Å². The van der Waals surface area contributed by atoms with Crippen LogP contribution in [0.1, 0.15) is 23.6 Å². The molecule has 1 amide bonds. The Morgan fingerprint density at radius 1 is 0.865 bits per heavy atom. The van der Waals surface area contributed by atoms with Crippen LogP contribution in [0.4, 0.5) is 11.4 Å². The van der Waals surface area contributed by atoms with Crippen molar-refractivity contribution in [2.45, 2.75) is 25.2 Å². The van der Waals surface area contributed by atoms with Crippen LogP contribution in [0.2, 0.25) is 0 Å². The van der Waals surface area contributed by atoms with Crippen molar-refractivity contribution >= 4 is 27.3 Å². The molecule has 0 aliphatic carbocycles. The maximum atomic E-state index is 13.6. The summed E-state index contributed by atoms with van der Waals surface area (Å²) < 4.78 is 33.7. The molecule has 1 aromatic heterocycles. The third-order valence-corrected chi connectivity index (χ3v) is 7.52. The molecule has 1 N–H and O–H groups in total. The van der Waals surface area contributed by atoms with E-state index in [-0.39, 0.29) is 11.4 Å². The van der Waals surface area contributed by atoms with Gasteiger partial charge in [0.1, 0.15) is 12.3 Å². The molecule has 0 saturated carbocycles. The zero-order chi connectivity index (χ0) is 26.3. The molecule has 0 spiro atoms. The van der Waals surface area contributed by atoms with Crippen molar-refractivity contribution in [3.8, 4) is 5.75 Å². The van der Waals surface area contributed by atoms with Gasteiger partial charge < -0.3 is 10.1 Å². The number of aromatic nitrogens is 1. The third kappa shape index (κ3) is 6.74. The number of nitrogens with zero attached hydrogens (tertiary/aromatic N) is 2. The first-order valence-electron chi connectivity index (χ1n) is 11.9. The number of carbonyl (C=O) groups is 1. The molecule has 4 rings (SSSR count). The topological polar surface area (TPSA) is 88.6 Å². The van der Waals surface area contributed by atoms with Gasteiger partial charge in [0.2, 0.25) is 5.91 Å². The highest BCUT2D eigenvalue weighted by atomic mass is 32.2. The standard InChI is InChI=1S/C29H29N3O4S/c1-3-36-27-12-10-26(11-13-27)32(37(34,35)28-14-4-22(2)5-15-28)21-29(33)31-25-8-6-23(7-9-25)20-24-16-18-30-19-17-24/h4-19H,3,20-21H2,1-2H3,(H,31,33). The van der Waals surface area contributed by atoms with Gasteiger partial charge in [0, 0.05) is 18.1 Å². The lowest BCUT2D eigenvalue weighted by Crippen LogP contribution is -2.38. The number of ether oxygens (including phenoxy) is 1. The molecular formula is C29H29N3O4S. The molecule has 0 saturated heterocycles. The number of aryl methyl sites for hydroxylation is 1. The van der Waals surface area contributed by atoms with Crippen molar-refractivity contribution in [1.29, 1.82) is 0 Å². The lowest BCUT2D eigenvalue weighted by molar-refractivity contribution is -0.114. The number of sulfonamides is 1. The number of nitrogens with one attached hydrogen (secondary N) is 1. The third-order valence-electron chi connectivity index (χ3n) is 5.73. The second-order valence-electron chi connectivity index (χ2n) is 8.53. The number of hydrogen-bond donors (Lipinski definition) is 1. The minimum absolute atomic E-state index is 0.111. The number of amides is 1. The van der Waals surface area contributed by atoms with Gasteiger partial charge in [0.05, 0.1) is 17.2 Å². The summed E-state index contributed by atoms with van der Waals surface area (Å²) in [5, 5.41) is 2.82. The minimum atomic E-state index is -4.00. The smallest absolute Gasteiger partial charge is 0.264 e. The lowest BCUT2D eigenvalue weighted by Gasteiger charge is -2.24. The largest absolute Gasteiger partial charge is 0.494 e. The molecule has 0 aliphatic heterocycles. The van der Waals surface area contributed by atoms with E-state index in [9.17, 15) is 13.2 Å². The molecule has 3 aromatic carbocycles. The van der Waals surface area contributed by atoms with E-state index in [1.54, 1.807) is 60.9 Å². The van der Waals surface area contributed by atoms with Crippen LogP contribution in [0.15, 0.2) is 102 Å². The summed E-state index contributed by atoms with van der Waals surface area (Å²) in [7, 11) is -4.00. The van der Waals surface area contributed by atoms with Crippen LogP contribution in [-0.2, 0) is 21.2 Å². The molecule has 1 heterocycles. The predicted octanol–water partition coefficient (Wildman–Crippen LogP) is 5.21. The molecule has 0 radical (unpaired) electrons. The van der Waals surface area contributed by atoms with Crippen LogP contribution < -0.4 is 14.4 Å². The zero-order valence-electron chi connectivity index (χ0n) is 20.8. The molecule has 0 fully saturated rings. The summed E-state index contributed by atoms with van der Waals surface area (Å²) in [5.74, 6) is 0.168. The monoisotopic (exact) mass is 515 g/mol.